The van der Waals surface area contributed by atoms with Crippen molar-refractivity contribution in [3.05, 3.63) is 40.3 Å². The number of carbonyl (C=O) groups excluding carboxylic acids is 1. The predicted octanol–water partition coefficient (Wildman–Crippen LogP) is 2.12. The van der Waals surface area contributed by atoms with Crippen LogP contribution in [0.25, 0.3) is 10.8 Å². The van der Waals surface area contributed by atoms with Crippen LogP contribution in [0.3, 0.4) is 0 Å². The summed E-state index contributed by atoms with van der Waals surface area (Å²) in [6.45, 7) is 8.26. The molecule has 0 spiro atoms. The number of nitrogens with zero attached hydrogens (tertiary/aromatic N) is 3. The van der Waals surface area contributed by atoms with Gasteiger partial charge in [0.1, 0.15) is 0 Å². The molecule has 0 bridgehead atoms. The molecule has 3 heterocycles. The van der Waals surface area contributed by atoms with Gasteiger partial charge in [-0.1, -0.05) is 32.0 Å². The third-order valence-electron chi connectivity index (χ3n) is 5.91. The quantitative estimate of drug-likeness (QED) is 0.901. The Kier molecular flexibility index (Phi) is 5.00. The van der Waals surface area contributed by atoms with Gasteiger partial charge >= 0.3 is 0 Å². The molecular formula is C21H28N4O2. The second-order valence-corrected chi connectivity index (χ2v) is 8.32. The number of hydrogen-bond donors (Lipinski definition) is 1. The highest BCUT2D eigenvalue weighted by atomic mass is 16.2. The normalized spacial score (nSPS) is 22.9. The summed E-state index contributed by atoms with van der Waals surface area (Å²) in [5.74, 6) is 1.57. The first-order chi connectivity index (χ1) is 13.0. The van der Waals surface area contributed by atoms with Gasteiger partial charge in [0.2, 0.25) is 0 Å². The second-order valence-electron chi connectivity index (χ2n) is 8.32. The fraction of sp³-hybridized carbons (Fsp3) is 0.571. The average molecular weight is 368 g/mol. The number of aromatic nitrogens is 2. The fourth-order valence-corrected chi connectivity index (χ4v) is 4.43. The first-order valence-electron chi connectivity index (χ1n) is 10.0. The van der Waals surface area contributed by atoms with Gasteiger partial charge in [-0.05, 0) is 49.8 Å². The number of amides is 1. The van der Waals surface area contributed by atoms with E-state index in [4.69, 9.17) is 0 Å². The van der Waals surface area contributed by atoms with E-state index in [0.29, 0.717) is 34.8 Å². The standard InChI is InChI=1S/C21H28N4O2/c1-14(2)13-25-20(26)18-6-4-3-5-17(18)19(23-25)21(27)24-9-7-15-11-22-12-16(15)8-10-24/h3-6,14-16,22H,7-13H2,1-2H3/t15-,16+. The molecule has 0 radical (unpaired) electrons. The maximum atomic E-state index is 13.4. The van der Waals surface area contributed by atoms with Crippen LogP contribution in [-0.4, -0.2) is 46.8 Å². The number of nitrogens with one attached hydrogen (secondary N) is 1. The van der Waals surface area contributed by atoms with Gasteiger partial charge in [0, 0.05) is 25.0 Å². The van der Waals surface area contributed by atoms with Crippen molar-refractivity contribution in [2.45, 2.75) is 33.2 Å². The van der Waals surface area contributed by atoms with Crippen LogP contribution in [0, 0.1) is 17.8 Å². The molecule has 0 saturated carbocycles. The number of carbonyl (C=O) groups is 1. The van der Waals surface area contributed by atoms with E-state index in [-0.39, 0.29) is 17.4 Å². The Morgan fingerprint density at radius 1 is 1.15 bits per heavy atom. The van der Waals surface area contributed by atoms with E-state index in [1.54, 1.807) is 6.07 Å². The predicted molar refractivity (Wildman–Crippen MR) is 106 cm³/mol. The summed E-state index contributed by atoms with van der Waals surface area (Å²) in [6.07, 6.45) is 2.07. The van der Waals surface area contributed by atoms with E-state index < -0.39 is 0 Å². The summed E-state index contributed by atoms with van der Waals surface area (Å²) in [6, 6.07) is 7.35. The van der Waals surface area contributed by atoms with Crippen LogP contribution in [0.2, 0.25) is 0 Å². The monoisotopic (exact) mass is 368 g/mol. The minimum absolute atomic E-state index is 0.0448. The third-order valence-corrected chi connectivity index (χ3v) is 5.91. The molecule has 4 rings (SSSR count). The molecule has 2 fully saturated rings. The molecule has 2 atom stereocenters. The van der Waals surface area contributed by atoms with E-state index >= 15 is 0 Å². The van der Waals surface area contributed by atoms with E-state index in [0.717, 1.165) is 39.0 Å². The Hall–Kier alpha value is -2.21. The minimum Gasteiger partial charge on any atom is -0.337 e. The van der Waals surface area contributed by atoms with Crippen molar-refractivity contribution in [3.8, 4) is 0 Å². The zero-order valence-corrected chi connectivity index (χ0v) is 16.1. The smallest absolute Gasteiger partial charge is 0.274 e. The molecule has 1 aromatic heterocycles. The Balaban J connectivity index is 1.70. The van der Waals surface area contributed by atoms with Crippen LogP contribution in [-0.2, 0) is 6.54 Å². The van der Waals surface area contributed by atoms with Gasteiger partial charge in [-0.2, -0.15) is 5.10 Å². The van der Waals surface area contributed by atoms with Crippen molar-refractivity contribution in [2.24, 2.45) is 17.8 Å². The number of hydrogen-bond acceptors (Lipinski definition) is 4. The van der Waals surface area contributed by atoms with Crippen LogP contribution in [0.5, 0.6) is 0 Å². The van der Waals surface area contributed by atoms with Crippen molar-refractivity contribution >= 4 is 16.7 Å². The second kappa shape index (κ2) is 7.43. The fourth-order valence-electron chi connectivity index (χ4n) is 4.43. The van der Waals surface area contributed by atoms with E-state index in [2.05, 4.69) is 10.4 Å². The number of fused-ring (bicyclic) bond motifs is 2. The van der Waals surface area contributed by atoms with Crippen LogP contribution >= 0.6 is 0 Å². The molecule has 1 N–H and O–H groups in total. The zero-order valence-electron chi connectivity index (χ0n) is 16.1. The molecule has 27 heavy (non-hydrogen) atoms. The highest BCUT2D eigenvalue weighted by Crippen LogP contribution is 2.28. The summed E-state index contributed by atoms with van der Waals surface area (Å²) in [5.41, 5.74) is 0.295. The van der Waals surface area contributed by atoms with E-state index in [9.17, 15) is 9.59 Å². The number of likely N-dealkylation sites (tertiary alicyclic amines) is 1. The van der Waals surface area contributed by atoms with E-state index in [1.807, 2.05) is 36.9 Å². The van der Waals surface area contributed by atoms with E-state index in [1.165, 1.54) is 4.68 Å². The van der Waals surface area contributed by atoms with Crippen molar-refractivity contribution in [1.82, 2.24) is 20.0 Å². The molecule has 6 nitrogen and oxygen atoms in total. The highest BCUT2D eigenvalue weighted by molar-refractivity contribution is 6.04. The molecule has 6 heteroatoms. The van der Waals surface area contributed by atoms with Gasteiger partial charge in [-0.25, -0.2) is 4.68 Å². The first kappa shape index (κ1) is 18.2. The van der Waals surface area contributed by atoms with Crippen molar-refractivity contribution < 1.29 is 4.79 Å². The maximum absolute atomic E-state index is 13.4. The lowest BCUT2D eigenvalue weighted by Crippen LogP contribution is -2.36. The molecule has 1 aromatic carbocycles. The number of rotatable bonds is 3. The van der Waals surface area contributed by atoms with Crippen molar-refractivity contribution in [1.29, 1.82) is 0 Å². The van der Waals surface area contributed by atoms with Crippen LogP contribution in [0.4, 0.5) is 0 Å². The summed E-state index contributed by atoms with van der Waals surface area (Å²) < 4.78 is 1.47. The van der Waals surface area contributed by atoms with Gasteiger partial charge in [0.25, 0.3) is 11.5 Å². The van der Waals surface area contributed by atoms with Crippen molar-refractivity contribution in [3.63, 3.8) is 0 Å². The average Bonchev–Trinajstić information content (AvgIpc) is 3.01. The highest BCUT2D eigenvalue weighted by Gasteiger charge is 2.32. The maximum Gasteiger partial charge on any atom is 0.274 e. The van der Waals surface area contributed by atoms with Gasteiger partial charge in [0.05, 0.1) is 5.39 Å². The van der Waals surface area contributed by atoms with Crippen LogP contribution < -0.4 is 10.9 Å². The SMILES string of the molecule is CC(C)Cn1nc(C(=O)N2CC[C@@H]3CNC[C@@H]3CC2)c2ccccc2c1=O. The summed E-state index contributed by atoms with van der Waals surface area (Å²) >= 11 is 0. The first-order valence-corrected chi connectivity index (χ1v) is 10.0. The Morgan fingerprint density at radius 3 is 2.41 bits per heavy atom. The molecule has 2 aliphatic heterocycles. The Labute approximate surface area is 159 Å². The minimum atomic E-state index is -0.118. The summed E-state index contributed by atoms with van der Waals surface area (Å²) in [4.78, 5) is 28.1. The molecular weight excluding hydrogens is 340 g/mol. The van der Waals surface area contributed by atoms with Gasteiger partial charge in [-0.3, -0.25) is 9.59 Å². The molecule has 2 aliphatic rings. The lowest BCUT2D eigenvalue weighted by atomic mass is 9.92. The van der Waals surface area contributed by atoms with Gasteiger partial charge in [0.15, 0.2) is 5.69 Å². The topological polar surface area (TPSA) is 67.2 Å². The molecule has 1 amide bonds. The van der Waals surface area contributed by atoms with Crippen molar-refractivity contribution in [2.75, 3.05) is 26.2 Å². The van der Waals surface area contributed by atoms with Gasteiger partial charge < -0.3 is 10.2 Å². The molecule has 2 aromatic rings. The lowest BCUT2D eigenvalue weighted by Gasteiger charge is -2.22. The van der Waals surface area contributed by atoms with Crippen LogP contribution in [0.1, 0.15) is 37.2 Å². The lowest BCUT2D eigenvalue weighted by molar-refractivity contribution is 0.0752. The molecule has 144 valence electrons. The van der Waals surface area contributed by atoms with Gasteiger partial charge in [-0.15, -0.1) is 0 Å². The Morgan fingerprint density at radius 2 is 1.78 bits per heavy atom. The largest absolute Gasteiger partial charge is 0.337 e. The number of benzene rings is 1. The summed E-state index contributed by atoms with van der Waals surface area (Å²) in [7, 11) is 0. The zero-order chi connectivity index (χ0) is 19.0. The molecule has 2 saturated heterocycles. The molecule has 0 aliphatic carbocycles. The molecule has 0 unspecified atom stereocenters. The third kappa shape index (κ3) is 3.50. The Bertz CT molecular complexity index is 891. The van der Waals surface area contributed by atoms with Crippen LogP contribution in [0.15, 0.2) is 29.1 Å². The summed E-state index contributed by atoms with van der Waals surface area (Å²) in [5, 5.41) is 9.23.